The number of hydrogen-bond acceptors (Lipinski definition) is 5. The number of nitrogens with two attached hydrogens (primary N) is 1. The summed E-state index contributed by atoms with van der Waals surface area (Å²) in [4.78, 5) is 25.4. The van der Waals surface area contributed by atoms with Crippen LogP contribution in [0.15, 0.2) is 36.9 Å². The number of primary amides is 1. The Morgan fingerprint density at radius 3 is 2.90 bits per heavy atom. The molecule has 2 rings (SSSR count). The summed E-state index contributed by atoms with van der Waals surface area (Å²) in [5.74, 6) is -0.696. The highest BCUT2D eigenvalue weighted by molar-refractivity contribution is 5.94. The molecule has 0 radical (unpaired) electrons. The molecule has 2 aromatic rings. The average molecular weight is 275 g/mol. The van der Waals surface area contributed by atoms with Gasteiger partial charge in [-0.05, 0) is 12.1 Å². The fraction of sp³-hybridized carbons (Fsp3) is 0.167. The van der Waals surface area contributed by atoms with Crippen LogP contribution in [0.2, 0.25) is 0 Å². The normalized spacial score (nSPS) is 10.2. The predicted octanol–water partition coefficient (Wildman–Crippen LogP) is 1.00. The van der Waals surface area contributed by atoms with Crippen LogP contribution in [0.25, 0.3) is 0 Å². The molecular formula is C12H13N5O3. The van der Waals surface area contributed by atoms with Gasteiger partial charge in [0, 0.05) is 37.1 Å². The zero-order valence-corrected chi connectivity index (χ0v) is 10.5. The summed E-state index contributed by atoms with van der Waals surface area (Å²) in [6.07, 6.45) is 5.11. The molecule has 0 spiro atoms. The number of benzene rings is 1. The molecule has 0 unspecified atom stereocenters. The Balaban J connectivity index is 2.10. The molecule has 0 saturated carbocycles. The van der Waals surface area contributed by atoms with E-state index >= 15 is 0 Å². The van der Waals surface area contributed by atoms with Crippen LogP contribution in [0, 0.1) is 10.1 Å². The number of imidazole rings is 1. The van der Waals surface area contributed by atoms with Gasteiger partial charge in [-0.3, -0.25) is 14.9 Å². The van der Waals surface area contributed by atoms with Crippen molar-refractivity contribution < 1.29 is 9.72 Å². The van der Waals surface area contributed by atoms with Crippen LogP contribution in [-0.2, 0) is 6.54 Å². The number of nitro benzene ring substituents is 1. The third-order valence-electron chi connectivity index (χ3n) is 2.72. The Bertz CT molecular complexity index is 624. The highest BCUT2D eigenvalue weighted by atomic mass is 16.6. The van der Waals surface area contributed by atoms with Crippen molar-refractivity contribution in [1.82, 2.24) is 9.55 Å². The zero-order chi connectivity index (χ0) is 14.5. The van der Waals surface area contributed by atoms with Crippen molar-refractivity contribution in [2.45, 2.75) is 6.54 Å². The summed E-state index contributed by atoms with van der Waals surface area (Å²) in [7, 11) is 0. The summed E-state index contributed by atoms with van der Waals surface area (Å²) >= 11 is 0. The number of amides is 1. The minimum absolute atomic E-state index is 0.108. The lowest BCUT2D eigenvalue weighted by Crippen LogP contribution is -2.13. The van der Waals surface area contributed by atoms with Crippen LogP contribution in [0.1, 0.15) is 10.4 Å². The van der Waals surface area contributed by atoms with Crippen LogP contribution in [0.5, 0.6) is 0 Å². The minimum Gasteiger partial charge on any atom is -0.378 e. The van der Waals surface area contributed by atoms with Crippen molar-refractivity contribution in [2.75, 3.05) is 11.9 Å². The highest BCUT2D eigenvalue weighted by Gasteiger charge is 2.16. The van der Waals surface area contributed by atoms with Gasteiger partial charge in [-0.2, -0.15) is 0 Å². The molecular weight excluding hydrogens is 262 g/mol. The second-order valence-electron chi connectivity index (χ2n) is 4.08. The zero-order valence-electron chi connectivity index (χ0n) is 10.5. The van der Waals surface area contributed by atoms with E-state index in [1.165, 1.54) is 18.2 Å². The van der Waals surface area contributed by atoms with Gasteiger partial charge in [-0.1, -0.05) is 0 Å². The Kier molecular flexibility index (Phi) is 3.94. The summed E-state index contributed by atoms with van der Waals surface area (Å²) < 4.78 is 1.84. The van der Waals surface area contributed by atoms with Gasteiger partial charge in [0.25, 0.3) is 5.69 Å². The molecule has 0 bridgehead atoms. The fourth-order valence-corrected chi connectivity index (χ4v) is 1.72. The summed E-state index contributed by atoms with van der Waals surface area (Å²) in [5.41, 5.74) is 5.39. The molecule has 8 heteroatoms. The second kappa shape index (κ2) is 5.83. The number of carbonyl (C=O) groups excluding carboxylic acids is 1. The van der Waals surface area contributed by atoms with Crippen LogP contribution in [0.3, 0.4) is 0 Å². The maximum absolute atomic E-state index is 11.0. The third-order valence-corrected chi connectivity index (χ3v) is 2.72. The Morgan fingerprint density at radius 2 is 2.30 bits per heavy atom. The average Bonchev–Trinajstić information content (AvgIpc) is 2.91. The maximum Gasteiger partial charge on any atom is 0.293 e. The van der Waals surface area contributed by atoms with E-state index in [2.05, 4.69) is 10.3 Å². The number of aromatic nitrogens is 2. The first-order valence-electron chi connectivity index (χ1n) is 5.86. The molecule has 1 heterocycles. The monoisotopic (exact) mass is 275 g/mol. The molecule has 1 amide bonds. The van der Waals surface area contributed by atoms with Crippen molar-refractivity contribution >= 4 is 17.3 Å². The van der Waals surface area contributed by atoms with Crippen LogP contribution in [0.4, 0.5) is 11.4 Å². The van der Waals surface area contributed by atoms with E-state index < -0.39 is 10.8 Å². The van der Waals surface area contributed by atoms with Gasteiger partial charge in [0.05, 0.1) is 11.3 Å². The number of nitrogens with zero attached hydrogens (tertiary/aromatic N) is 3. The van der Waals surface area contributed by atoms with Crippen molar-refractivity contribution in [1.29, 1.82) is 0 Å². The van der Waals surface area contributed by atoms with E-state index in [0.717, 1.165) is 0 Å². The number of nitrogens with one attached hydrogen (secondary N) is 1. The van der Waals surface area contributed by atoms with Crippen molar-refractivity contribution in [3.63, 3.8) is 0 Å². The number of carbonyl (C=O) groups is 1. The Labute approximate surface area is 114 Å². The molecule has 1 aromatic heterocycles. The number of nitro groups is 1. The lowest BCUT2D eigenvalue weighted by molar-refractivity contribution is -0.384. The van der Waals surface area contributed by atoms with E-state index in [4.69, 9.17) is 5.73 Å². The number of anilines is 1. The molecule has 0 aliphatic carbocycles. The van der Waals surface area contributed by atoms with Gasteiger partial charge in [0.1, 0.15) is 5.69 Å². The van der Waals surface area contributed by atoms with Gasteiger partial charge >= 0.3 is 0 Å². The molecule has 0 atom stereocenters. The minimum atomic E-state index is -0.696. The first-order valence-corrected chi connectivity index (χ1v) is 5.86. The number of rotatable bonds is 6. The molecule has 104 valence electrons. The molecule has 0 aliphatic rings. The van der Waals surface area contributed by atoms with E-state index in [1.54, 1.807) is 18.7 Å². The summed E-state index contributed by atoms with van der Waals surface area (Å²) in [5, 5.41) is 13.9. The summed E-state index contributed by atoms with van der Waals surface area (Å²) in [6.45, 7) is 1.11. The maximum atomic E-state index is 11.0. The lowest BCUT2D eigenvalue weighted by atomic mass is 10.1. The van der Waals surface area contributed by atoms with Crippen LogP contribution < -0.4 is 11.1 Å². The molecule has 0 aliphatic heterocycles. The van der Waals surface area contributed by atoms with Crippen molar-refractivity contribution in [2.24, 2.45) is 5.73 Å². The standard InChI is InChI=1S/C12H13N5O3/c13-12(18)9-1-2-10(11(7-9)17(19)20)15-4-6-16-5-3-14-8-16/h1-3,5,7-8,15H,4,6H2,(H2,13,18). The molecule has 0 fully saturated rings. The SMILES string of the molecule is NC(=O)c1ccc(NCCn2ccnc2)c([N+](=O)[O-])c1. The number of hydrogen-bond donors (Lipinski definition) is 2. The second-order valence-corrected chi connectivity index (χ2v) is 4.08. The van der Waals surface area contributed by atoms with E-state index in [9.17, 15) is 14.9 Å². The van der Waals surface area contributed by atoms with Gasteiger partial charge in [-0.25, -0.2) is 4.98 Å². The van der Waals surface area contributed by atoms with Gasteiger partial charge in [0.2, 0.25) is 5.91 Å². The molecule has 20 heavy (non-hydrogen) atoms. The summed E-state index contributed by atoms with van der Waals surface area (Å²) in [6, 6.07) is 4.10. The Hall–Kier alpha value is -2.90. The molecule has 8 nitrogen and oxygen atoms in total. The fourth-order valence-electron chi connectivity index (χ4n) is 1.72. The largest absolute Gasteiger partial charge is 0.378 e. The Morgan fingerprint density at radius 1 is 1.50 bits per heavy atom. The third kappa shape index (κ3) is 3.10. The quantitative estimate of drug-likeness (QED) is 0.602. The smallest absolute Gasteiger partial charge is 0.293 e. The van der Waals surface area contributed by atoms with Gasteiger partial charge in [0.15, 0.2) is 0 Å². The topological polar surface area (TPSA) is 116 Å². The molecule has 1 aromatic carbocycles. The highest BCUT2D eigenvalue weighted by Crippen LogP contribution is 2.25. The first kappa shape index (κ1) is 13.5. The van der Waals surface area contributed by atoms with Crippen LogP contribution >= 0.6 is 0 Å². The first-order chi connectivity index (χ1) is 9.58. The van der Waals surface area contributed by atoms with Crippen molar-refractivity contribution in [3.8, 4) is 0 Å². The molecule has 3 N–H and O–H groups in total. The van der Waals surface area contributed by atoms with E-state index in [0.29, 0.717) is 18.8 Å². The van der Waals surface area contributed by atoms with Gasteiger partial charge in [-0.15, -0.1) is 0 Å². The van der Waals surface area contributed by atoms with Gasteiger partial charge < -0.3 is 15.6 Å². The van der Waals surface area contributed by atoms with Crippen molar-refractivity contribution in [3.05, 3.63) is 52.6 Å². The lowest BCUT2D eigenvalue weighted by Gasteiger charge is -2.08. The van der Waals surface area contributed by atoms with E-state index in [1.807, 2.05) is 4.57 Å². The molecule has 0 saturated heterocycles. The predicted molar refractivity (Wildman–Crippen MR) is 72.3 cm³/mol. The van der Waals surface area contributed by atoms with Crippen LogP contribution in [-0.4, -0.2) is 26.9 Å². The van der Waals surface area contributed by atoms with E-state index in [-0.39, 0.29) is 11.3 Å².